The van der Waals surface area contributed by atoms with E-state index in [2.05, 4.69) is 9.88 Å². The second kappa shape index (κ2) is 7.95. The highest BCUT2D eigenvalue weighted by Gasteiger charge is 2.29. The Hall–Kier alpha value is -2.28. The van der Waals surface area contributed by atoms with Crippen molar-refractivity contribution in [3.05, 3.63) is 53.7 Å². The summed E-state index contributed by atoms with van der Waals surface area (Å²) in [4.78, 5) is 6.30. The van der Waals surface area contributed by atoms with Crippen LogP contribution in [0.4, 0.5) is 19.0 Å². The molecule has 26 heavy (non-hydrogen) atoms. The van der Waals surface area contributed by atoms with Gasteiger partial charge in [0.05, 0.1) is 18.4 Å². The summed E-state index contributed by atoms with van der Waals surface area (Å²) in [5.74, 6) is 1.13. The molecular formula is C19H20F3N2O2. The topological polar surface area (TPSA) is 45.3 Å². The molecule has 0 atom stereocenters. The maximum atomic E-state index is 12.5. The number of aromatic nitrogens is 1. The SMILES string of the molecule is [O]c1ccc(N2CCC(COCc3ccc(C(F)(F)F)cc3)CC2)nc1. The van der Waals surface area contributed by atoms with E-state index in [4.69, 9.17) is 4.74 Å². The van der Waals surface area contributed by atoms with Crippen molar-refractivity contribution < 1.29 is 23.0 Å². The van der Waals surface area contributed by atoms with Crippen LogP contribution in [-0.4, -0.2) is 24.7 Å². The molecule has 1 aromatic heterocycles. The first kappa shape index (κ1) is 18.5. The molecule has 0 spiro atoms. The second-order valence-electron chi connectivity index (χ2n) is 6.49. The summed E-state index contributed by atoms with van der Waals surface area (Å²) in [7, 11) is 0. The molecule has 1 saturated heterocycles. The third-order valence-corrected chi connectivity index (χ3v) is 4.56. The molecule has 139 valence electrons. The third kappa shape index (κ3) is 4.88. The van der Waals surface area contributed by atoms with Crippen LogP contribution < -0.4 is 4.90 Å². The highest BCUT2D eigenvalue weighted by molar-refractivity contribution is 5.40. The number of halogens is 3. The normalized spacial score (nSPS) is 16.0. The standard InChI is InChI=1S/C19H20F3N2O2/c20-19(21,22)16-3-1-14(2-4-16)12-26-13-15-7-9-24(10-8-15)18-6-5-17(25)11-23-18/h1-6,11,15H,7-10,12-13H2. The molecule has 7 heteroatoms. The summed E-state index contributed by atoms with van der Waals surface area (Å²) >= 11 is 0. The van der Waals surface area contributed by atoms with Crippen molar-refractivity contribution in [2.75, 3.05) is 24.6 Å². The van der Waals surface area contributed by atoms with E-state index in [0.717, 1.165) is 49.4 Å². The van der Waals surface area contributed by atoms with Crippen molar-refractivity contribution in [1.29, 1.82) is 0 Å². The average Bonchev–Trinajstić information content (AvgIpc) is 2.63. The molecule has 0 unspecified atom stereocenters. The van der Waals surface area contributed by atoms with E-state index in [-0.39, 0.29) is 5.75 Å². The molecule has 3 rings (SSSR count). The average molecular weight is 365 g/mol. The fourth-order valence-electron chi connectivity index (χ4n) is 3.02. The molecule has 1 aromatic carbocycles. The van der Waals surface area contributed by atoms with E-state index in [1.54, 1.807) is 6.07 Å². The molecule has 1 aliphatic rings. The van der Waals surface area contributed by atoms with Crippen LogP contribution in [0, 0.1) is 5.92 Å². The molecule has 0 bridgehead atoms. The predicted molar refractivity (Wildman–Crippen MR) is 90.4 cm³/mol. The molecule has 1 aliphatic heterocycles. The van der Waals surface area contributed by atoms with Gasteiger partial charge in [-0.25, -0.2) is 4.98 Å². The van der Waals surface area contributed by atoms with Gasteiger partial charge in [0.25, 0.3) is 0 Å². The Kier molecular flexibility index (Phi) is 5.66. The maximum Gasteiger partial charge on any atom is 0.416 e. The smallest absolute Gasteiger partial charge is 0.376 e. The minimum Gasteiger partial charge on any atom is -0.376 e. The number of benzene rings is 1. The minimum atomic E-state index is -4.31. The Balaban J connectivity index is 1.40. The quantitative estimate of drug-likeness (QED) is 0.773. The predicted octanol–water partition coefficient (Wildman–Crippen LogP) is 4.68. The lowest BCUT2D eigenvalue weighted by atomic mass is 9.98. The molecule has 0 N–H and O–H groups in total. The van der Waals surface area contributed by atoms with Gasteiger partial charge in [-0.05, 0) is 48.6 Å². The van der Waals surface area contributed by atoms with Gasteiger partial charge in [0.15, 0.2) is 5.75 Å². The van der Waals surface area contributed by atoms with Crippen LogP contribution in [0.25, 0.3) is 0 Å². The highest BCUT2D eigenvalue weighted by atomic mass is 19.4. The molecule has 0 amide bonds. The number of hydrogen-bond acceptors (Lipinski definition) is 3. The lowest BCUT2D eigenvalue weighted by molar-refractivity contribution is -0.137. The van der Waals surface area contributed by atoms with Gasteiger partial charge >= 0.3 is 6.18 Å². The van der Waals surface area contributed by atoms with E-state index >= 15 is 0 Å². The van der Waals surface area contributed by atoms with Crippen LogP contribution in [0.5, 0.6) is 5.75 Å². The first-order valence-corrected chi connectivity index (χ1v) is 8.54. The summed E-state index contributed by atoms with van der Waals surface area (Å²) in [6.45, 7) is 2.59. The van der Waals surface area contributed by atoms with E-state index in [9.17, 15) is 18.3 Å². The van der Waals surface area contributed by atoms with Crippen LogP contribution in [0.3, 0.4) is 0 Å². The number of nitrogens with zero attached hydrogens (tertiary/aromatic N) is 2. The van der Waals surface area contributed by atoms with Crippen LogP contribution >= 0.6 is 0 Å². The number of rotatable bonds is 5. The molecule has 2 heterocycles. The van der Waals surface area contributed by atoms with Crippen LogP contribution in [0.2, 0.25) is 0 Å². The van der Waals surface area contributed by atoms with E-state index in [1.165, 1.54) is 24.4 Å². The van der Waals surface area contributed by atoms with Gasteiger partial charge in [0, 0.05) is 19.7 Å². The fourth-order valence-corrected chi connectivity index (χ4v) is 3.02. The first-order valence-electron chi connectivity index (χ1n) is 8.54. The van der Waals surface area contributed by atoms with Crippen molar-refractivity contribution in [1.82, 2.24) is 4.98 Å². The van der Waals surface area contributed by atoms with E-state index in [0.29, 0.717) is 19.1 Å². The molecule has 2 aromatic rings. The van der Waals surface area contributed by atoms with Gasteiger partial charge in [-0.3, -0.25) is 5.11 Å². The Morgan fingerprint density at radius 3 is 2.35 bits per heavy atom. The monoisotopic (exact) mass is 365 g/mol. The lowest BCUT2D eigenvalue weighted by Gasteiger charge is -2.32. The van der Waals surface area contributed by atoms with Crippen molar-refractivity contribution in [3.8, 4) is 5.75 Å². The van der Waals surface area contributed by atoms with Gasteiger partial charge in [0.1, 0.15) is 5.82 Å². The molecule has 0 aliphatic carbocycles. The van der Waals surface area contributed by atoms with Gasteiger partial charge in [-0.15, -0.1) is 0 Å². The zero-order chi connectivity index (χ0) is 18.6. The number of ether oxygens (including phenoxy) is 1. The van der Waals surface area contributed by atoms with Crippen LogP contribution in [0.15, 0.2) is 42.6 Å². The van der Waals surface area contributed by atoms with Gasteiger partial charge < -0.3 is 9.64 Å². The summed E-state index contributed by atoms with van der Waals surface area (Å²) in [6, 6.07) is 8.33. The zero-order valence-corrected chi connectivity index (χ0v) is 14.2. The molecule has 1 radical (unpaired) electrons. The third-order valence-electron chi connectivity index (χ3n) is 4.56. The number of alkyl halides is 3. The summed E-state index contributed by atoms with van der Waals surface area (Å²) in [6.07, 6.45) is -1.08. The second-order valence-corrected chi connectivity index (χ2v) is 6.49. The van der Waals surface area contributed by atoms with E-state index in [1.807, 2.05) is 0 Å². The number of hydrogen-bond donors (Lipinski definition) is 0. The highest BCUT2D eigenvalue weighted by Crippen LogP contribution is 2.29. The Bertz CT molecular complexity index is 694. The Labute approximate surface area is 150 Å². The summed E-state index contributed by atoms with van der Waals surface area (Å²) < 4.78 is 43.3. The van der Waals surface area contributed by atoms with Crippen LogP contribution in [0.1, 0.15) is 24.0 Å². The summed E-state index contributed by atoms with van der Waals surface area (Å²) in [5.41, 5.74) is 0.0876. The van der Waals surface area contributed by atoms with Crippen molar-refractivity contribution in [2.45, 2.75) is 25.6 Å². The maximum absolute atomic E-state index is 12.5. The zero-order valence-electron chi connectivity index (χ0n) is 14.2. The fraction of sp³-hybridized carbons (Fsp3) is 0.421. The Morgan fingerprint density at radius 1 is 1.08 bits per heavy atom. The van der Waals surface area contributed by atoms with Crippen molar-refractivity contribution >= 4 is 5.82 Å². The van der Waals surface area contributed by atoms with Crippen molar-refractivity contribution in [2.24, 2.45) is 5.92 Å². The molecule has 1 fully saturated rings. The molecule has 4 nitrogen and oxygen atoms in total. The van der Waals surface area contributed by atoms with E-state index < -0.39 is 11.7 Å². The minimum absolute atomic E-state index is 0.0969. The molecule has 0 saturated carbocycles. The van der Waals surface area contributed by atoms with Gasteiger partial charge in [0.2, 0.25) is 0 Å². The number of piperidine rings is 1. The van der Waals surface area contributed by atoms with Crippen LogP contribution in [-0.2, 0) is 22.6 Å². The van der Waals surface area contributed by atoms with Gasteiger partial charge in [-0.2, -0.15) is 13.2 Å². The summed E-state index contributed by atoms with van der Waals surface area (Å²) in [5, 5.41) is 11.1. The molecular weight excluding hydrogens is 345 g/mol. The Morgan fingerprint density at radius 2 is 1.77 bits per heavy atom. The number of pyridine rings is 1. The van der Waals surface area contributed by atoms with Crippen molar-refractivity contribution in [3.63, 3.8) is 0 Å². The first-order chi connectivity index (χ1) is 12.4. The van der Waals surface area contributed by atoms with Gasteiger partial charge in [-0.1, -0.05) is 12.1 Å². The lowest BCUT2D eigenvalue weighted by Crippen LogP contribution is -2.35. The number of anilines is 1. The largest absolute Gasteiger partial charge is 0.416 e.